The summed E-state index contributed by atoms with van der Waals surface area (Å²) in [5.41, 5.74) is 1.75. The number of carbonyl (C=O) groups excluding carboxylic acids is 1. The van der Waals surface area contributed by atoms with E-state index in [0.717, 1.165) is 6.42 Å². The zero-order valence-corrected chi connectivity index (χ0v) is 15.4. The highest BCUT2D eigenvalue weighted by Gasteiger charge is 2.27. The molecule has 0 aliphatic carbocycles. The summed E-state index contributed by atoms with van der Waals surface area (Å²) in [6.45, 7) is 9.63. The number of aromatic nitrogens is 3. The van der Waals surface area contributed by atoms with Crippen LogP contribution in [0.2, 0.25) is 0 Å². The van der Waals surface area contributed by atoms with Crippen LogP contribution in [0.4, 0.5) is 0 Å². The fraction of sp³-hybridized carbons (Fsp3) is 0.556. The summed E-state index contributed by atoms with van der Waals surface area (Å²) in [4.78, 5) is 28.8. The second kappa shape index (κ2) is 7.63. The first-order chi connectivity index (χ1) is 11.8. The number of fused-ring (bicyclic) bond motifs is 1. The van der Waals surface area contributed by atoms with Gasteiger partial charge in [0.15, 0.2) is 5.65 Å². The van der Waals surface area contributed by atoms with Crippen LogP contribution in [0.1, 0.15) is 62.6 Å². The van der Waals surface area contributed by atoms with E-state index >= 15 is 0 Å². The van der Waals surface area contributed by atoms with E-state index in [-0.39, 0.29) is 12.0 Å². The van der Waals surface area contributed by atoms with Gasteiger partial charge in [0.2, 0.25) is 0 Å². The summed E-state index contributed by atoms with van der Waals surface area (Å²) in [7, 11) is 0. The van der Waals surface area contributed by atoms with Crippen LogP contribution in [0, 0.1) is 12.8 Å². The topological polar surface area (TPSA) is 97.1 Å². The molecule has 2 aromatic rings. The minimum atomic E-state index is -1.03. The average Bonchev–Trinajstić information content (AvgIpc) is 3.00. The molecule has 0 radical (unpaired) electrons. The molecule has 3 atom stereocenters. The summed E-state index contributed by atoms with van der Waals surface area (Å²) in [6, 6.07) is 0.913. The summed E-state index contributed by atoms with van der Waals surface area (Å²) in [6.07, 6.45) is 3.18. The van der Waals surface area contributed by atoms with E-state index in [1.807, 2.05) is 32.4 Å². The number of aliphatic carboxylic acids is 1. The van der Waals surface area contributed by atoms with E-state index < -0.39 is 17.9 Å². The Morgan fingerprint density at radius 2 is 1.96 bits per heavy atom. The summed E-state index contributed by atoms with van der Waals surface area (Å²) < 4.78 is 1.81. The van der Waals surface area contributed by atoms with Gasteiger partial charge in [0.05, 0.1) is 23.2 Å². The lowest BCUT2D eigenvalue weighted by Gasteiger charge is -2.20. The third kappa shape index (κ3) is 3.81. The number of hydrogen-bond donors (Lipinski definition) is 2. The van der Waals surface area contributed by atoms with Gasteiger partial charge in [-0.2, -0.15) is 5.10 Å². The Kier molecular flexibility index (Phi) is 5.77. The zero-order chi connectivity index (χ0) is 18.7. The molecule has 0 saturated heterocycles. The Bertz CT molecular complexity index is 784. The van der Waals surface area contributed by atoms with Gasteiger partial charge in [0, 0.05) is 5.69 Å². The molecule has 25 heavy (non-hydrogen) atoms. The summed E-state index contributed by atoms with van der Waals surface area (Å²) >= 11 is 0. The van der Waals surface area contributed by atoms with Gasteiger partial charge < -0.3 is 10.4 Å². The fourth-order valence-corrected chi connectivity index (χ4v) is 2.73. The van der Waals surface area contributed by atoms with Crippen LogP contribution < -0.4 is 5.32 Å². The summed E-state index contributed by atoms with van der Waals surface area (Å²) in [5.74, 6) is -1.60. The van der Waals surface area contributed by atoms with Gasteiger partial charge in [-0.15, -0.1) is 0 Å². The van der Waals surface area contributed by atoms with Gasteiger partial charge in [-0.3, -0.25) is 4.79 Å². The molecule has 136 valence electrons. The van der Waals surface area contributed by atoms with Crippen molar-refractivity contribution in [2.24, 2.45) is 5.92 Å². The lowest BCUT2D eigenvalue weighted by Crippen LogP contribution is -2.45. The Balaban J connectivity index is 2.44. The van der Waals surface area contributed by atoms with Crippen molar-refractivity contribution in [2.75, 3.05) is 0 Å². The third-order valence-electron chi connectivity index (χ3n) is 4.71. The molecule has 0 spiro atoms. The highest BCUT2D eigenvalue weighted by Crippen LogP contribution is 2.22. The first-order valence-electron chi connectivity index (χ1n) is 8.68. The number of carboxylic acid groups (broad SMARTS) is 1. The average molecular weight is 346 g/mol. The minimum Gasteiger partial charge on any atom is -0.480 e. The van der Waals surface area contributed by atoms with Crippen LogP contribution >= 0.6 is 0 Å². The van der Waals surface area contributed by atoms with Crippen LogP contribution in [0.25, 0.3) is 11.0 Å². The lowest BCUT2D eigenvalue weighted by atomic mass is 9.98. The quantitative estimate of drug-likeness (QED) is 0.803. The predicted molar refractivity (Wildman–Crippen MR) is 95.6 cm³/mol. The number of pyridine rings is 1. The Morgan fingerprint density at radius 1 is 1.28 bits per heavy atom. The number of carboxylic acids is 1. The number of rotatable bonds is 7. The number of carbonyl (C=O) groups is 2. The second-order valence-electron chi connectivity index (χ2n) is 6.57. The molecule has 2 rings (SSSR count). The van der Waals surface area contributed by atoms with Crippen molar-refractivity contribution >= 4 is 22.9 Å². The monoisotopic (exact) mass is 346 g/mol. The Morgan fingerprint density at radius 3 is 2.52 bits per heavy atom. The van der Waals surface area contributed by atoms with Crippen LogP contribution in [-0.4, -0.2) is 37.8 Å². The van der Waals surface area contributed by atoms with Crippen LogP contribution in [-0.2, 0) is 4.79 Å². The van der Waals surface area contributed by atoms with Crippen LogP contribution in [0.3, 0.4) is 0 Å². The smallest absolute Gasteiger partial charge is 0.326 e. The minimum absolute atomic E-state index is 0.162. The zero-order valence-electron chi connectivity index (χ0n) is 15.4. The van der Waals surface area contributed by atoms with Crippen molar-refractivity contribution in [3.63, 3.8) is 0 Å². The normalized spacial score (nSPS) is 14.9. The highest BCUT2D eigenvalue weighted by atomic mass is 16.4. The van der Waals surface area contributed by atoms with E-state index in [4.69, 9.17) is 0 Å². The number of hydrogen-bond acceptors (Lipinski definition) is 4. The molecule has 0 bridgehead atoms. The van der Waals surface area contributed by atoms with E-state index in [9.17, 15) is 14.7 Å². The van der Waals surface area contributed by atoms with Crippen LogP contribution in [0.15, 0.2) is 12.3 Å². The largest absolute Gasteiger partial charge is 0.480 e. The first kappa shape index (κ1) is 18.9. The van der Waals surface area contributed by atoms with E-state index in [1.165, 1.54) is 0 Å². The van der Waals surface area contributed by atoms with Gasteiger partial charge in [-0.05, 0) is 32.3 Å². The first-order valence-corrected chi connectivity index (χ1v) is 8.68. The molecular weight excluding hydrogens is 320 g/mol. The van der Waals surface area contributed by atoms with Crippen molar-refractivity contribution in [3.05, 3.63) is 23.5 Å². The number of nitrogens with zero attached hydrogens (tertiary/aromatic N) is 3. The molecule has 2 aromatic heterocycles. The van der Waals surface area contributed by atoms with Gasteiger partial charge in [0.1, 0.15) is 6.04 Å². The van der Waals surface area contributed by atoms with Gasteiger partial charge in [-0.1, -0.05) is 27.2 Å². The summed E-state index contributed by atoms with van der Waals surface area (Å²) in [5, 5.41) is 17.1. The van der Waals surface area contributed by atoms with Gasteiger partial charge in [0.25, 0.3) is 5.91 Å². The molecule has 0 saturated carbocycles. The number of nitrogens with one attached hydrogen (secondary N) is 1. The molecule has 3 unspecified atom stereocenters. The van der Waals surface area contributed by atoms with Crippen molar-refractivity contribution in [1.29, 1.82) is 0 Å². The van der Waals surface area contributed by atoms with Crippen LogP contribution in [0.5, 0.6) is 0 Å². The van der Waals surface area contributed by atoms with Crippen molar-refractivity contribution in [1.82, 2.24) is 20.1 Å². The molecule has 0 aliphatic rings. The van der Waals surface area contributed by atoms with Crippen molar-refractivity contribution in [2.45, 2.75) is 59.5 Å². The predicted octanol–water partition coefficient (Wildman–Crippen LogP) is 2.94. The van der Waals surface area contributed by atoms with Gasteiger partial charge >= 0.3 is 5.97 Å². The molecule has 2 N–H and O–H groups in total. The van der Waals surface area contributed by atoms with Gasteiger partial charge in [-0.25, -0.2) is 14.5 Å². The molecular formula is C18H26N4O3. The van der Waals surface area contributed by atoms with E-state index in [2.05, 4.69) is 22.3 Å². The standard InChI is InChI=1S/C18H26N4O3/c1-6-10(3)15(18(24)25)21-17(23)13-8-11(4)20-16-14(13)9-19-22(16)12(5)7-2/h8-10,12,15H,6-7H2,1-5H3,(H,21,23)(H,24,25). The second-order valence-corrected chi connectivity index (χ2v) is 6.57. The molecule has 2 heterocycles. The maximum absolute atomic E-state index is 12.8. The molecule has 1 amide bonds. The number of amides is 1. The number of aryl methyl sites for hydroxylation is 1. The molecule has 7 heteroatoms. The third-order valence-corrected chi connectivity index (χ3v) is 4.71. The Hall–Kier alpha value is -2.44. The lowest BCUT2D eigenvalue weighted by molar-refractivity contribution is -0.140. The molecule has 0 fully saturated rings. The fourth-order valence-electron chi connectivity index (χ4n) is 2.73. The van der Waals surface area contributed by atoms with Crippen molar-refractivity contribution in [3.8, 4) is 0 Å². The highest BCUT2D eigenvalue weighted by molar-refractivity contribution is 6.06. The maximum atomic E-state index is 12.8. The Labute approximate surface area is 147 Å². The van der Waals surface area contributed by atoms with Crippen molar-refractivity contribution < 1.29 is 14.7 Å². The van der Waals surface area contributed by atoms with E-state index in [0.29, 0.717) is 28.7 Å². The molecule has 0 aromatic carbocycles. The molecule has 7 nitrogen and oxygen atoms in total. The van der Waals surface area contributed by atoms with E-state index in [1.54, 1.807) is 12.3 Å². The molecule has 0 aliphatic heterocycles. The maximum Gasteiger partial charge on any atom is 0.326 e. The SMILES string of the molecule is CCC(C)C(NC(=O)c1cc(C)nc2c1cnn2C(C)CC)C(=O)O.